The molecule has 0 spiro atoms. The summed E-state index contributed by atoms with van der Waals surface area (Å²) in [5.74, 6) is 0. The summed E-state index contributed by atoms with van der Waals surface area (Å²) in [6, 6.07) is 5.14. The largest absolute Gasteiger partial charge is 0.333 e. The molecular weight excluding hydrogens is 355 g/mol. The first kappa shape index (κ1) is 19.0. The predicted octanol–water partition coefficient (Wildman–Crippen LogP) is -0.0837. The second kappa shape index (κ2) is 7.68. The Morgan fingerprint density at radius 2 is 1.80 bits per heavy atom. The van der Waals surface area contributed by atoms with Gasteiger partial charge in [-0.2, -0.15) is 5.26 Å². The molecule has 1 radical (unpaired) electrons. The van der Waals surface area contributed by atoms with Gasteiger partial charge in [0.05, 0.1) is 16.0 Å². The molecule has 0 aliphatic carbocycles. The molecule has 11 heteroatoms. The molecule has 0 amide bonds. The van der Waals surface area contributed by atoms with E-state index in [0.717, 1.165) is 0 Å². The van der Waals surface area contributed by atoms with Crippen LogP contribution in [0.15, 0.2) is 51.2 Å². The van der Waals surface area contributed by atoms with Crippen LogP contribution < -0.4 is 16.5 Å². The first-order chi connectivity index (χ1) is 11.5. The Balaban J connectivity index is 0.00000225. The number of nitriles is 1. The van der Waals surface area contributed by atoms with Crippen LogP contribution in [0, 0.1) is 21.6 Å². The van der Waals surface area contributed by atoms with Gasteiger partial charge in [-0.25, -0.2) is 0 Å². The molecule has 10 nitrogen and oxygen atoms in total. The van der Waals surface area contributed by atoms with Crippen LogP contribution in [0.4, 0.5) is 5.69 Å². The van der Waals surface area contributed by atoms with Crippen LogP contribution in [0.2, 0.25) is 0 Å². The molecule has 0 unspecified atom stereocenters. The van der Waals surface area contributed by atoms with Gasteiger partial charge >= 0.3 is 0 Å². The van der Waals surface area contributed by atoms with Crippen LogP contribution in [-0.4, -0.2) is 70.8 Å². The molecule has 0 fully saturated rings. The molecule has 0 saturated heterocycles. The van der Waals surface area contributed by atoms with E-state index in [1.165, 1.54) is 47.4 Å². The molecule has 3 rings (SSSR count). The van der Waals surface area contributed by atoms with Crippen molar-refractivity contribution in [3.63, 3.8) is 0 Å². The molecule has 2 aromatic heterocycles. The summed E-state index contributed by atoms with van der Waals surface area (Å²) in [7, 11) is 0. The molecule has 119 valence electrons. The minimum Gasteiger partial charge on any atom is -0.333 e. The van der Waals surface area contributed by atoms with Crippen molar-refractivity contribution in [3.8, 4) is 11.9 Å². The third kappa shape index (κ3) is 3.84. The van der Waals surface area contributed by atoms with E-state index >= 15 is 0 Å². The summed E-state index contributed by atoms with van der Waals surface area (Å²) < 4.78 is 1.39. The third-order valence-corrected chi connectivity index (χ3v) is 3.27. The van der Waals surface area contributed by atoms with Gasteiger partial charge in [0, 0.05) is 82.0 Å². The number of nitrogens with zero attached hydrogens (tertiary/aromatic N) is 4. The van der Waals surface area contributed by atoms with Gasteiger partial charge in [-0.1, -0.05) is 0 Å². The molecule has 1 aromatic carbocycles. The predicted molar refractivity (Wildman–Crippen MR) is 88.1 cm³/mol. The summed E-state index contributed by atoms with van der Waals surface area (Å²) in [6.45, 7) is 0. The second-order valence-corrected chi connectivity index (χ2v) is 4.72. The molecular formula is C14H8KN6O4. The van der Waals surface area contributed by atoms with Gasteiger partial charge in [0.2, 0.25) is 11.7 Å². The molecule has 0 saturated carbocycles. The number of aromatic amines is 2. The van der Waals surface area contributed by atoms with Crippen LogP contribution in [-0.2, 0) is 0 Å². The zero-order valence-electron chi connectivity index (χ0n) is 12.9. The van der Waals surface area contributed by atoms with Crippen molar-refractivity contribution in [1.29, 1.82) is 5.26 Å². The van der Waals surface area contributed by atoms with E-state index in [1.54, 1.807) is 0 Å². The van der Waals surface area contributed by atoms with E-state index in [9.17, 15) is 19.7 Å². The fourth-order valence-electron chi connectivity index (χ4n) is 2.20. The molecule has 0 aliphatic rings. The minimum atomic E-state index is -0.635. The summed E-state index contributed by atoms with van der Waals surface area (Å²) >= 11 is 0. The number of fused-ring (bicyclic) bond motifs is 1. The number of benzene rings is 1. The number of hydrogen-bond acceptors (Lipinski definition) is 6. The number of nitro benzene ring substituents is 1. The number of H-pyrrole nitrogens is 2. The van der Waals surface area contributed by atoms with Crippen LogP contribution in [0.1, 0.15) is 0 Å². The van der Waals surface area contributed by atoms with Gasteiger partial charge in [0.15, 0.2) is 5.43 Å². The molecule has 0 aliphatic heterocycles. The molecule has 3 aromatic rings. The SMILES string of the molecule is N#CN=c1[nH]c2cc([N+](=O)[O-])c(-n3ccc(=O)cc3)cc2[nH]c1=O.[K]. The van der Waals surface area contributed by atoms with Crippen molar-refractivity contribution in [2.75, 3.05) is 0 Å². The van der Waals surface area contributed by atoms with Gasteiger partial charge in [-0.15, -0.1) is 4.99 Å². The topological polar surface area (TPSA) is 150 Å². The fraction of sp³-hybridized carbons (Fsp3) is 0. The van der Waals surface area contributed by atoms with Crippen molar-refractivity contribution >= 4 is 68.1 Å². The number of nitro groups is 1. The minimum absolute atomic E-state index is 0. The summed E-state index contributed by atoms with van der Waals surface area (Å²) in [6.07, 6.45) is 4.25. The Labute approximate surface area is 181 Å². The van der Waals surface area contributed by atoms with Crippen molar-refractivity contribution < 1.29 is 4.92 Å². The van der Waals surface area contributed by atoms with Crippen LogP contribution in [0.5, 0.6) is 0 Å². The van der Waals surface area contributed by atoms with E-state index in [0.29, 0.717) is 0 Å². The number of hydrogen-bond donors (Lipinski definition) is 2. The van der Waals surface area contributed by atoms with Crippen LogP contribution in [0.25, 0.3) is 16.7 Å². The van der Waals surface area contributed by atoms with Crippen molar-refractivity contribution in [2.45, 2.75) is 0 Å². The first-order valence-corrected chi connectivity index (χ1v) is 6.56. The molecule has 25 heavy (non-hydrogen) atoms. The summed E-state index contributed by atoms with van der Waals surface area (Å²) in [5.41, 5.74) is -0.687. The quantitative estimate of drug-likeness (QED) is 0.282. The van der Waals surface area contributed by atoms with Gasteiger partial charge < -0.3 is 14.5 Å². The van der Waals surface area contributed by atoms with E-state index in [4.69, 9.17) is 5.26 Å². The van der Waals surface area contributed by atoms with Gasteiger partial charge in [0.1, 0.15) is 5.69 Å². The normalized spacial score (nSPS) is 10.9. The Hall–Kier alpha value is -2.36. The standard InChI is InChI=1S/C14H8N6O4.K/c15-7-16-13-14(22)18-10-5-11(19-3-1-8(21)2-4-19)12(20(23)24)6-9(10)17-13;/h1-6H,(H,16,17)(H,18,22);. The maximum absolute atomic E-state index is 11.8. The second-order valence-electron chi connectivity index (χ2n) is 4.72. The molecule has 2 heterocycles. The van der Waals surface area contributed by atoms with Crippen molar-refractivity contribution in [2.24, 2.45) is 4.99 Å². The van der Waals surface area contributed by atoms with Gasteiger partial charge in [-0.05, 0) is 6.07 Å². The van der Waals surface area contributed by atoms with Crippen LogP contribution >= 0.6 is 0 Å². The van der Waals surface area contributed by atoms with Gasteiger partial charge in [-0.3, -0.25) is 19.7 Å². The molecule has 0 bridgehead atoms. The smallest absolute Gasteiger partial charge is 0.295 e. The van der Waals surface area contributed by atoms with E-state index < -0.39 is 10.5 Å². The maximum atomic E-state index is 11.8. The average Bonchev–Trinajstić information content (AvgIpc) is 2.55. The van der Waals surface area contributed by atoms with E-state index in [-0.39, 0.29) is 84.7 Å². The monoisotopic (exact) mass is 363 g/mol. The zero-order valence-corrected chi connectivity index (χ0v) is 16.0. The van der Waals surface area contributed by atoms with Crippen LogP contribution in [0.3, 0.4) is 0 Å². The Bertz CT molecular complexity index is 1180. The first-order valence-electron chi connectivity index (χ1n) is 6.56. The number of nitrogens with one attached hydrogen (secondary N) is 2. The maximum Gasteiger partial charge on any atom is 0.295 e. The fourth-order valence-corrected chi connectivity index (χ4v) is 2.20. The summed E-state index contributed by atoms with van der Waals surface area (Å²) in [4.78, 5) is 42.2. The third-order valence-electron chi connectivity index (χ3n) is 3.27. The average molecular weight is 363 g/mol. The Morgan fingerprint density at radius 3 is 2.40 bits per heavy atom. The Kier molecular flexibility index (Phi) is 5.83. The number of aromatic nitrogens is 3. The number of rotatable bonds is 2. The zero-order chi connectivity index (χ0) is 17.3. The van der Waals surface area contributed by atoms with Gasteiger partial charge in [0.25, 0.3) is 11.2 Å². The Morgan fingerprint density at radius 1 is 1.16 bits per heavy atom. The number of pyridine rings is 1. The molecule has 0 atom stereocenters. The molecule has 2 N–H and O–H groups in total. The van der Waals surface area contributed by atoms with E-state index in [2.05, 4.69) is 15.0 Å². The summed E-state index contributed by atoms with van der Waals surface area (Å²) in [5, 5.41) is 19.9. The van der Waals surface area contributed by atoms with Crippen molar-refractivity contribution in [1.82, 2.24) is 14.5 Å². The van der Waals surface area contributed by atoms with E-state index in [1.807, 2.05) is 0 Å². The van der Waals surface area contributed by atoms with Crippen molar-refractivity contribution in [3.05, 3.63) is 72.8 Å².